The Hall–Kier alpha value is -1.51. The highest BCUT2D eigenvalue weighted by Crippen LogP contribution is 2.29. The number of benzene rings is 1. The van der Waals surface area contributed by atoms with E-state index < -0.39 is 0 Å². The molecule has 0 aliphatic heterocycles. The van der Waals surface area contributed by atoms with Gasteiger partial charge in [0.2, 0.25) is 0 Å². The molecule has 1 aromatic carbocycles. The molecular weight excluding hydrogens is 205 g/mol. The van der Waals surface area contributed by atoms with Crippen molar-refractivity contribution in [3.05, 3.63) is 30.2 Å². The standard InChI is InChI=1S/C13H16FNO/c1-13(2,3)16-11-6-5-10-9(12(11)14)7-8-15(10)4/h5-8H,1-4H3. The van der Waals surface area contributed by atoms with Crippen LogP contribution in [0.5, 0.6) is 5.75 Å². The molecule has 0 aliphatic rings. The zero-order valence-corrected chi connectivity index (χ0v) is 10.0. The van der Waals surface area contributed by atoms with Crippen LogP contribution in [0.25, 0.3) is 10.9 Å². The Kier molecular flexibility index (Phi) is 2.41. The minimum atomic E-state index is -0.386. The molecule has 0 aliphatic carbocycles. The van der Waals surface area contributed by atoms with E-state index >= 15 is 0 Å². The molecule has 2 rings (SSSR count). The van der Waals surface area contributed by atoms with Gasteiger partial charge in [-0.25, -0.2) is 4.39 Å². The van der Waals surface area contributed by atoms with Crippen molar-refractivity contribution >= 4 is 10.9 Å². The summed E-state index contributed by atoms with van der Waals surface area (Å²) in [4.78, 5) is 0. The van der Waals surface area contributed by atoms with Gasteiger partial charge in [-0.15, -0.1) is 0 Å². The molecule has 1 heterocycles. The van der Waals surface area contributed by atoms with Crippen LogP contribution in [0.1, 0.15) is 20.8 Å². The van der Waals surface area contributed by atoms with E-state index in [2.05, 4.69) is 0 Å². The third-order valence-corrected chi connectivity index (χ3v) is 2.38. The molecule has 0 saturated heterocycles. The first-order valence-corrected chi connectivity index (χ1v) is 5.31. The van der Waals surface area contributed by atoms with E-state index in [1.807, 2.05) is 44.6 Å². The fourth-order valence-electron chi connectivity index (χ4n) is 1.70. The first-order chi connectivity index (χ1) is 7.38. The van der Waals surface area contributed by atoms with Crippen molar-refractivity contribution in [2.75, 3.05) is 0 Å². The normalized spacial score (nSPS) is 12.1. The predicted octanol–water partition coefficient (Wildman–Crippen LogP) is 3.49. The van der Waals surface area contributed by atoms with Gasteiger partial charge in [-0.05, 0) is 39.0 Å². The van der Waals surface area contributed by atoms with Crippen LogP contribution >= 0.6 is 0 Å². The molecule has 0 radical (unpaired) electrons. The Bertz CT molecular complexity index is 522. The van der Waals surface area contributed by atoms with Crippen molar-refractivity contribution in [1.82, 2.24) is 4.57 Å². The van der Waals surface area contributed by atoms with Crippen LogP contribution < -0.4 is 4.74 Å². The number of hydrogen-bond donors (Lipinski definition) is 0. The molecule has 0 atom stereocenters. The van der Waals surface area contributed by atoms with Gasteiger partial charge in [0.1, 0.15) is 5.60 Å². The van der Waals surface area contributed by atoms with Crippen LogP contribution in [0.2, 0.25) is 0 Å². The number of ether oxygens (including phenoxy) is 1. The molecule has 16 heavy (non-hydrogen) atoms. The van der Waals surface area contributed by atoms with Gasteiger partial charge in [-0.3, -0.25) is 0 Å². The summed E-state index contributed by atoms with van der Waals surface area (Å²) in [6.45, 7) is 5.71. The highest BCUT2D eigenvalue weighted by molar-refractivity contribution is 5.82. The Morgan fingerprint density at radius 2 is 1.88 bits per heavy atom. The number of nitrogens with zero attached hydrogens (tertiary/aromatic N) is 1. The van der Waals surface area contributed by atoms with Gasteiger partial charge in [0, 0.05) is 18.6 Å². The van der Waals surface area contributed by atoms with Crippen LogP contribution in [-0.2, 0) is 7.05 Å². The van der Waals surface area contributed by atoms with Crippen LogP contribution in [-0.4, -0.2) is 10.2 Å². The maximum Gasteiger partial charge on any atom is 0.174 e. The molecule has 1 aromatic heterocycles. The largest absolute Gasteiger partial charge is 0.485 e. The molecule has 0 unspecified atom stereocenters. The third kappa shape index (κ3) is 1.90. The second-order valence-electron chi connectivity index (χ2n) is 4.95. The predicted molar refractivity (Wildman–Crippen MR) is 63.3 cm³/mol. The fourth-order valence-corrected chi connectivity index (χ4v) is 1.70. The lowest BCUT2D eigenvalue weighted by Crippen LogP contribution is -2.23. The Morgan fingerprint density at radius 3 is 2.50 bits per heavy atom. The van der Waals surface area contributed by atoms with Crippen molar-refractivity contribution in [3.63, 3.8) is 0 Å². The van der Waals surface area contributed by atoms with Gasteiger partial charge in [0.05, 0.1) is 5.52 Å². The SMILES string of the molecule is Cn1ccc2c(F)c(OC(C)(C)C)ccc21. The maximum absolute atomic E-state index is 14.1. The Morgan fingerprint density at radius 1 is 1.19 bits per heavy atom. The zero-order valence-electron chi connectivity index (χ0n) is 10.0. The second-order valence-corrected chi connectivity index (χ2v) is 4.95. The van der Waals surface area contributed by atoms with Crippen molar-refractivity contribution in [1.29, 1.82) is 0 Å². The number of hydrogen-bond acceptors (Lipinski definition) is 1. The summed E-state index contributed by atoms with van der Waals surface area (Å²) in [5.41, 5.74) is 0.488. The number of rotatable bonds is 1. The van der Waals surface area contributed by atoms with E-state index in [1.165, 1.54) is 0 Å². The number of aryl methyl sites for hydroxylation is 1. The van der Waals surface area contributed by atoms with Gasteiger partial charge >= 0.3 is 0 Å². The Labute approximate surface area is 94.6 Å². The average Bonchev–Trinajstić information content (AvgIpc) is 2.52. The third-order valence-electron chi connectivity index (χ3n) is 2.38. The molecule has 86 valence electrons. The zero-order chi connectivity index (χ0) is 11.9. The van der Waals surface area contributed by atoms with E-state index in [0.717, 1.165) is 5.52 Å². The van der Waals surface area contributed by atoms with E-state index in [-0.39, 0.29) is 11.4 Å². The summed E-state index contributed by atoms with van der Waals surface area (Å²) in [5.74, 6) is 0.0271. The topological polar surface area (TPSA) is 14.2 Å². The van der Waals surface area contributed by atoms with E-state index in [1.54, 1.807) is 12.1 Å². The number of halogens is 1. The molecule has 0 saturated carbocycles. The minimum absolute atomic E-state index is 0.284. The lowest BCUT2D eigenvalue weighted by atomic mass is 10.1. The number of fused-ring (bicyclic) bond motifs is 1. The summed E-state index contributed by atoms with van der Waals surface area (Å²) < 4.78 is 21.5. The fraction of sp³-hybridized carbons (Fsp3) is 0.385. The highest BCUT2D eigenvalue weighted by atomic mass is 19.1. The van der Waals surface area contributed by atoms with Crippen molar-refractivity contribution < 1.29 is 9.13 Å². The lowest BCUT2D eigenvalue weighted by molar-refractivity contribution is 0.125. The molecule has 2 nitrogen and oxygen atoms in total. The van der Waals surface area contributed by atoms with Crippen LogP contribution in [0.3, 0.4) is 0 Å². The molecular formula is C13H16FNO. The van der Waals surface area contributed by atoms with Crippen LogP contribution in [0.15, 0.2) is 24.4 Å². The minimum Gasteiger partial charge on any atom is -0.485 e. The van der Waals surface area contributed by atoms with E-state index in [4.69, 9.17) is 4.74 Å². The molecule has 2 aromatic rings. The molecule has 0 N–H and O–H groups in total. The summed E-state index contributed by atoms with van der Waals surface area (Å²) in [7, 11) is 1.89. The molecule has 0 fully saturated rings. The van der Waals surface area contributed by atoms with Gasteiger partial charge in [-0.1, -0.05) is 0 Å². The van der Waals surface area contributed by atoms with Gasteiger partial charge in [0.15, 0.2) is 11.6 Å². The molecule has 0 spiro atoms. The molecule has 3 heteroatoms. The number of aromatic nitrogens is 1. The van der Waals surface area contributed by atoms with Gasteiger partial charge < -0.3 is 9.30 Å². The second kappa shape index (κ2) is 3.51. The quantitative estimate of drug-likeness (QED) is 0.719. The van der Waals surface area contributed by atoms with Gasteiger partial charge in [0.25, 0.3) is 0 Å². The van der Waals surface area contributed by atoms with Crippen LogP contribution in [0.4, 0.5) is 4.39 Å². The maximum atomic E-state index is 14.1. The van der Waals surface area contributed by atoms with Crippen molar-refractivity contribution in [3.8, 4) is 5.75 Å². The van der Waals surface area contributed by atoms with Crippen molar-refractivity contribution in [2.24, 2.45) is 7.05 Å². The first-order valence-electron chi connectivity index (χ1n) is 5.31. The molecule has 0 amide bonds. The summed E-state index contributed by atoms with van der Waals surface area (Å²) in [6.07, 6.45) is 1.84. The van der Waals surface area contributed by atoms with E-state index in [0.29, 0.717) is 11.1 Å². The van der Waals surface area contributed by atoms with Crippen LogP contribution in [0, 0.1) is 5.82 Å². The Balaban J connectivity index is 2.53. The van der Waals surface area contributed by atoms with Crippen molar-refractivity contribution in [2.45, 2.75) is 26.4 Å². The first kappa shape index (κ1) is 11.0. The smallest absolute Gasteiger partial charge is 0.174 e. The monoisotopic (exact) mass is 221 g/mol. The van der Waals surface area contributed by atoms with Gasteiger partial charge in [-0.2, -0.15) is 0 Å². The summed E-state index contributed by atoms with van der Waals surface area (Å²) in [6, 6.07) is 5.32. The summed E-state index contributed by atoms with van der Waals surface area (Å²) in [5, 5.41) is 0.601. The highest BCUT2D eigenvalue weighted by Gasteiger charge is 2.17. The summed E-state index contributed by atoms with van der Waals surface area (Å²) >= 11 is 0. The average molecular weight is 221 g/mol. The molecule has 0 bridgehead atoms. The van der Waals surface area contributed by atoms with E-state index in [9.17, 15) is 4.39 Å². The lowest BCUT2D eigenvalue weighted by Gasteiger charge is -2.21.